The highest BCUT2D eigenvalue weighted by atomic mass is 35.5. The van der Waals surface area contributed by atoms with Crippen LogP contribution in [0, 0.1) is 5.82 Å². The predicted octanol–water partition coefficient (Wildman–Crippen LogP) is 8.19. The molecule has 6 heterocycles. The van der Waals surface area contributed by atoms with Crippen LogP contribution in [0.3, 0.4) is 0 Å². The summed E-state index contributed by atoms with van der Waals surface area (Å²) in [5.74, 6) is -0.301. The molecule has 2 aliphatic heterocycles. The average Bonchev–Trinajstić information content (AvgIpc) is 4.07. The summed E-state index contributed by atoms with van der Waals surface area (Å²) < 4.78 is 39.4. The lowest BCUT2D eigenvalue weighted by molar-refractivity contribution is -0.0443. The zero-order valence-electron chi connectivity index (χ0n) is 34.0. The number of rotatable bonds is 12. The van der Waals surface area contributed by atoms with Crippen LogP contribution < -0.4 is 10.6 Å². The number of ether oxygens (including phenoxy) is 4. The minimum Gasteiger partial charge on any atom is -0.389 e. The molecule has 7 aromatic rings. The molecule has 0 unspecified atom stereocenters. The van der Waals surface area contributed by atoms with Crippen LogP contribution in [0.1, 0.15) is 51.4 Å². The normalized spacial score (nSPS) is 15.1. The van der Waals surface area contributed by atoms with E-state index in [-0.39, 0.29) is 18.4 Å². The van der Waals surface area contributed by atoms with Crippen molar-refractivity contribution in [3.63, 3.8) is 0 Å². The fraction of sp³-hybridized carbons (Fsp3) is 0.318. The van der Waals surface area contributed by atoms with Crippen molar-refractivity contribution in [3.8, 4) is 22.5 Å². The summed E-state index contributed by atoms with van der Waals surface area (Å²) in [7, 11) is 0. The predicted molar refractivity (Wildman–Crippen MR) is 231 cm³/mol. The third-order valence-electron chi connectivity index (χ3n) is 9.53. The average molecular weight is 869 g/mol. The van der Waals surface area contributed by atoms with Gasteiger partial charge in [0, 0.05) is 46.3 Å². The van der Waals surface area contributed by atoms with E-state index in [1.54, 1.807) is 61.3 Å². The third-order valence-corrected chi connectivity index (χ3v) is 10.6. The molecule has 4 N–H and O–H groups in total. The van der Waals surface area contributed by atoms with Crippen molar-refractivity contribution in [1.29, 1.82) is 0 Å². The zero-order valence-corrected chi connectivity index (χ0v) is 35.6. The Labute approximate surface area is 361 Å². The molecule has 2 fully saturated rings. The summed E-state index contributed by atoms with van der Waals surface area (Å²) in [6.07, 6.45) is 2.89. The molecule has 0 radical (unpaired) electrons. The van der Waals surface area contributed by atoms with Crippen LogP contribution in [0.5, 0.6) is 0 Å². The molecule has 0 atom stereocenters. The molecule has 0 amide bonds. The van der Waals surface area contributed by atoms with Crippen molar-refractivity contribution in [1.82, 2.24) is 29.2 Å². The summed E-state index contributed by atoms with van der Waals surface area (Å²) in [5.41, 5.74) is 6.39. The van der Waals surface area contributed by atoms with Gasteiger partial charge in [0.1, 0.15) is 10.8 Å². The molecule has 0 bridgehead atoms. The molecule has 3 aromatic carbocycles. The van der Waals surface area contributed by atoms with Gasteiger partial charge in [0.05, 0.1) is 72.8 Å². The van der Waals surface area contributed by atoms with Gasteiger partial charge in [0.15, 0.2) is 29.0 Å². The number of hydrogen-bond donors (Lipinski definition) is 4. The second-order valence-electron chi connectivity index (χ2n) is 15.8. The van der Waals surface area contributed by atoms with E-state index in [1.165, 1.54) is 23.9 Å². The van der Waals surface area contributed by atoms with E-state index in [0.29, 0.717) is 66.7 Å². The van der Waals surface area contributed by atoms with E-state index in [1.807, 2.05) is 60.7 Å². The van der Waals surface area contributed by atoms with Crippen molar-refractivity contribution in [2.75, 3.05) is 50.2 Å². The van der Waals surface area contributed by atoms with Crippen molar-refractivity contribution >= 4 is 46.0 Å². The van der Waals surface area contributed by atoms with Gasteiger partial charge in [0.2, 0.25) is 0 Å². The molecule has 0 aliphatic carbocycles. The standard InChI is InChI=1S/C25H25FN4O3S.C19H21ClN4O3/c1-25(2,31)15-28-20-13-22(34-19-5-3-4-18(26)12-19)29-30-21(14-27-23(20)30)16-6-8-17(9-7-16)24-32-10-11-33-24;1-19(2,25)11-22-14-9-16(20)23-24-15(10-21-17(14)24)12-3-5-13(6-4-12)18-26-7-8-27-18/h3-9,12-14,24,28,31H,10-11,15H2,1-2H3;3-6,9-10,18,22,25H,7-8,11H2,1-2H3. The van der Waals surface area contributed by atoms with E-state index in [2.05, 4.69) is 25.7 Å². The number of anilines is 2. The first-order valence-electron chi connectivity index (χ1n) is 19.7. The minimum absolute atomic E-state index is 0.300. The number of imidazole rings is 2. The van der Waals surface area contributed by atoms with Gasteiger partial charge in [0.25, 0.3) is 0 Å². The number of aliphatic hydroxyl groups is 2. The number of nitrogens with one attached hydrogen (secondary N) is 2. The SMILES string of the molecule is CC(C)(O)CNc1cc(Cl)nn2c(-c3ccc(C4OCCO4)cc3)cnc12.CC(C)(O)CNc1cc(Sc2cccc(F)c2)nn2c(-c3ccc(C4OCCO4)cc3)cnc12. The molecular formula is C44H46ClFN8O6S. The van der Waals surface area contributed by atoms with Gasteiger partial charge in [-0.2, -0.15) is 10.2 Å². The van der Waals surface area contributed by atoms with Crippen molar-refractivity contribution in [3.05, 3.63) is 119 Å². The molecule has 0 spiro atoms. The first-order chi connectivity index (χ1) is 29.3. The Kier molecular flexibility index (Phi) is 12.6. The second kappa shape index (κ2) is 18.0. The van der Waals surface area contributed by atoms with Crippen LogP contribution in [0.15, 0.2) is 107 Å². The molecule has 14 nitrogen and oxygen atoms in total. The number of aromatic nitrogens is 6. The lowest BCUT2D eigenvalue weighted by atomic mass is 10.1. The summed E-state index contributed by atoms with van der Waals surface area (Å²) in [6.45, 7) is 10.0. The molecule has 61 heavy (non-hydrogen) atoms. The summed E-state index contributed by atoms with van der Waals surface area (Å²) in [6, 6.07) is 25.8. The van der Waals surface area contributed by atoms with E-state index in [4.69, 9.17) is 35.6 Å². The van der Waals surface area contributed by atoms with Crippen LogP contribution in [-0.2, 0) is 18.9 Å². The summed E-state index contributed by atoms with van der Waals surface area (Å²) >= 11 is 7.56. The Morgan fingerprint density at radius 2 is 1.16 bits per heavy atom. The molecule has 9 rings (SSSR count). The second-order valence-corrected chi connectivity index (χ2v) is 17.3. The van der Waals surface area contributed by atoms with Crippen molar-refractivity contribution in [2.24, 2.45) is 0 Å². The number of nitrogens with zero attached hydrogens (tertiary/aromatic N) is 6. The maximum Gasteiger partial charge on any atom is 0.184 e. The maximum atomic E-state index is 13.7. The Hall–Kier alpha value is -5.17. The lowest BCUT2D eigenvalue weighted by Gasteiger charge is -2.19. The first-order valence-corrected chi connectivity index (χ1v) is 20.9. The molecule has 4 aromatic heterocycles. The fourth-order valence-corrected chi connectivity index (χ4v) is 7.63. The number of benzene rings is 3. The largest absolute Gasteiger partial charge is 0.389 e. The van der Waals surface area contributed by atoms with Gasteiger partial charge in [-0.15, -0.1) is 0 Å². The molecule has 0 saturated carbocycles. The Morgan fingerprint density at radius 1 is 0.689 bits per heavy atom. The molecule has 318 valence electrons. The van der Waals surface area contributed by atoms with Gasteiger partial charge in [-0.05, 0) is 52.0 Å². The highest BCUT2D eigenvalue weighted by Crippen LogP contribution is 2.34. The Balaban J connectivity index is 0.000000173. The minimum atomic E-state index is -0.911. The summed E-state index contributed by atoms with van der Waals surface area (Å²) in [4.78, 5) is 9.82. The molecule has 17 heteroatoms. The summed E-state index contributed by atoms with van der Waals surface area (Å²) in [5, 5.41) is 36.8. The molecule has 2 saturated heterocycles. The van der Waals surface area contributed by atoms with Gasteiger partial charge in [-0.1, -0.05) is 78.0 Å². The zero-order chi connectivity index (χ0) is 42.7. The van der Waals surface area contributed by atoms with E-state index in [9.17, 15) is 14.6 Å². The van der Waals surface area contributed by atoms with Crippen molar-refractivity contribution < 1.29 is 33.6 Å². The van der Waals surface area contributed by atoms with E-state index in [0.717, 1.165) is 44.2 Å². The quantitative estimate of drug-likeness (QED) is 0.0931. The Morgan fingerprint density at radius 3 is 1.64 bits per heavy atom. The van der Waals surface area contributed by atoms with Gasteiger partial charge in [-0.3, -0.25) is 0 Å². The van der Waals surface area contributed by atoms with Crippen LogP contribution in [0.25, 0.3) is 33.8 Å². The molecule has 2 aliphatic rings. The highest BCUT2D eigenvalue weighted by molar-refractivity contribution is 7.99. The monoisotopic (exact) mass is 868 g/mol. The topological polar surface area (TPSA) is 162 Å². The number of fused-ring (bicyclic) bond motifs is 2. The maximum absolute atomic E-state index is 13.7. The van der Waals surface area contributed by atoms with Gasteiger partial charge < -0.3 is 39.8 Å². The fourth-order valence-electron chi connectivity index (χ4n) is 6.59. The highest BCUT2D eigenvalue weighted by Gasteiger charge is 2.22. The van der Waals surface area contributed by atoms with E-state index < -0.39 is 11.2 Å². The van der Waals surface area contributed by atoms with Crippen LogP contribution in [0.4, 0.5) is 15.8 Å². The van der Waals surface area contributed by atoms with Crippen LogP contribution in [0.2, 0.25) is 5.15 Å². The smallest absolute Gasteiger partial charge is 0.184 e. The third kappa shape index (κ3) is 10.5. The lowest BCUT2D eigenvalue weighted by Crippen LogP contribution is -2.29. The van der Waals surface area contributed by atoms with Crippen molar-refractivity contribution in [2.45, 2.75) is 61.4 Å². The van der Waals surface area contributed by atoms with Gasteiger partial charge >= 0.3 is 0 Å². The van der Waals surface area contributed by atoms with Crippen LogP contribution in [-0.4, -0.2) is 90.1 Å². The van der Waals surface area contributed by atoms with Gasteiger partial charge in [-0.25, -0.2) is 23.4 Å². The van der Waals surface area contributed by atoms with Crippen LogP contribution >= 0.6 is 23.4 Å². The first kappa shape index (κ1) is 42.5. The Bertz CT molecular complexity index is 2600. The van der Waals surface area contributed by atoms with E-state index >= 15 is 0 Å². The molecular weight excluding hydrogens is 823 g/mol. The number of halogens is 2. The number of hydrogen-bond acceptors (Lipinski definition) is 13.